The van der Waals surface area contributed by atoms with Crippen molar-refractivity contribution in [1.82, 2.24) is 19.7 Å². The van der Waals surface area contributed by atoms with Crippen LogP contribution in [0.2, 0.25) is 0 Å². The van der Waals surface area contributed by atoms with E-state index in [0.29, 0.717) is 18.9 Å². The molecule has 4 aromatic rings. The molecule has 5 rings (SSSR count). The van der Waals surface area contributed by atoms with E-state index in [2.05, 4.69) is 46.5 Å². The second kappa shape index (κ2) is 7.88. The van der Waals surface area contributed by atoms with Gasteiger partial charge in [0.2, 0.25) is 0 Å². The summed E-state index contributed by atoms with van der Waals surface area (Å²) in [7, 11) is 1.68. The molecule has 152 valence electrons. The van der Waals surface area contributed by atoms with Crippen molar-refractivity contribution in [2.45, 2.75) is 31.7 Å². The molecule has 0 spiro atoms. The minimum atomic E-state index is 0.163. The molecule has 6 heteroatoms. The van der Waals surface area contributed by atoms with Crippen molar-refractivity contribution in [3.8, 4) is 17.0 Å². The van der Waals surface area contributed by atoms with Gasteiger partial charge in [-0.2, -0.15) is 5.10 Å². The number of fused-ring (bicyclic) bond motifs is 1. The standard InChI is InChI=1S/C24H24N4O2/c1-30-24-7-5-18(11-19(24)13-28-15-25-14-26-28)23-12-20(17-3-4-17)21-10-16(8-9-29)2-6-22(21)27-23/h2,5-7,10-12,14-15,17,29H,3-4,8-9,13H2,1H3. The fourth-order valence-electron chi connectivity index (χ4n) is 4.01. The molecule has 0 saturated heterocycles. The van der Waals surface area contributed by atoms with E-state index in [1.807, 2.05) is 6.07 Å². The molecule has 2 aromatic heterocycles. The number of rotatable bonds is 7. The maximum Gasteiger partial charge on any atom is 0.137 e. The van der Waals surface area contributed by atoms with Gasteiger partial charge in [-0.25, -0.2) is 14.6 Å². The van der Waals surface area contributed by atoms with E-state index in [-0.39, 0.29) is 6.61 Å². The molecule has 1 fully saturated rings. The van der Waals surface area contributed by atoms with Crippen molar-refractivity contribution in [2.75, 3.05) is 13.7 Å². The third-order valence-electron chi connectivity index (χ3n) is 5.70. The Morgan fingerprint density at radius 1 is 1.13 bits per heavy atom. The Bertz CT molecular complexity index is 1180. The van der Waals surface area contributed by atoms with Crippen LogP contribution >= 0.6 is 0 Å². The summed E-state index contributed by atoms with van der Waals surface area (Å²) in [5.41, 5.74) is 6.60. The minimum absolute atomic E-state index is 0.163. The zero-order chi connectivity index (χ0) is 20.5. The van der Waals surface area contributed by atoms with Gasteiger partial charge in [-0.3, -0.25) is 0 Å². The van der Waals surface area contributed by atoms with Crippen LogP contribution in [-0.2, 0) is 13.0 Å². The van der Waals surface area contributed by atoms with Crippen molar-refractivity contribution in [3.05, 3.63) is 71.8 Å². The lowest BCUT2D eigenvalue weighted by Gasteiger charge is -2.13. The van der Waals surface area contributed by atoms with E-state index in [1.165, 1.54) is 30.1 Å². The highest BCUT2D eigenvalue weighted by Crippen LogP contribution is 2.44. The third kappa shape index (κ3) is 3.66. The second-order valence-electron chi connectivity index (χ2n) is 7.82. The summed E-state index contributed by atoms with van der Waals surface area (Å²) in [4.78, 5) is 9.00. The highest BCUT2D eigenvalue weighted by Gasteiger charge is 2.26. The average Bonchev–Trinajstić information content (AvgIpc) is 3.49. The first-order valence-electron chi connectivity index (χ1n) is 10.3. The van der Waals surface area contributed by atoms with Gasteiger partial charge in [-0.15, -0.1) is 0 Å². The maximum atomic E-state index is 9.30. The molecule has 0 bridgehead atoms. The summed E-state index contributed by atoms with van der Waals surface area (Å²) < 4.78 is 7.35. The summed E-state index contributed by atoms with van der Waals surface area (Å²) in [5.74, 6) is 1.43. The number of ether oxygens (including phenoxy) is 1. The maximum absolute atomic E-state index is 9.30. The molecule has 0 unspecified atom stereocenters. The van der Waals surface area contributed by atoms with Gasteiger partial charge >= 0.3 is 0 Å². The molecule has 2 aromatic carbocycles. The Kier molecular flexibility index (Phi) is 4.93. The number of hydrogen-bond acceptors (Lipinski definition) is 5. The molecule has 30 heavy (non-hydrogen) atoms. The largest absolute Gasteiger partial charge is 0.496 e. The number of aromatic nitrogens is 4. The van der Waals surface area contributed by atoms with Gasteiger partial charge < -0.3 is 9.84 Å². The number of aliphatic hydroxyl groups is 1. The number of hydrogen-bond donors (Lipinski definition) is 1. The van der Waals surface area contributed by atoms with Gasteiger partial charge in [0.15, 0.2) is 0 Å². The van der Waals surface area contributed by atoms with Crippen molar-refractivity contribution in [3.63, 3.8) is 0 Å². The predicted molar refractivity (Wildman–Crippen MR) is 116 cm³/mol. The molecular formula is C24H24N4O2. The number of pyridine rings is 1. The smallest absolute Gasteiger partial charge is 0.137 e. The Hall–Kier alpha value is -3.25. The third-order valence-corrected chi connectivity index (χ3v) is 5.70. The van der Waals surface area contributed by atoms with E-state index >= 15 is 0 Å². The lowest BCUT2D eigenvalue weighted by Crippen LogP contribution is -2.03. The van der Waals surface area contributed by atoms with Crippen LogP contribution in [0, 0.1) is 0 Å². The summed E-state index contributed by atoms with van der Waals surface area (Å²) in [6, 6.07) is 14.8. The van der Waals surface area contributed by atoms with Crippen molar-refractivity contribution in [1.29, 1.82) is 0 Å². The second-order valence-corrected chi connectivity index (χ2v) is 7.82. The molecule has 0 radical (unpaired) electrons. The molecule has 1 aliphatic carbocycles. The van der Waals surface area contributed by atoms with Crippen LogP contribution < -0.4 is 4.74 Å². The normalized spacial score (nSPS) is 13.7. The summed E-state index contributed by atoms with van der Waals surface area (Å²) in [6.45, 7) is 0.751. The summed E-state index contributed by atoms with van der Waals surface area (Å²) in [6.07, 6.45) is 6.36. The van der Waals surface area contributed by atoms with Crippen LogP contribution in [0.3, 0.4) is 0 Å². The lowest BCUT2D eigenvalue weighted by molar-refractivity contribution is 0.299. The van der Waals surface area contributed by atoms with Gasteiger partial charge in [0, 0.05) is 23.1 Å². The summed E-state index contributed by atoms with van der Waals surface area (Å²) >= 11 is 0. The first kappa shape index (κ1) is 18.8. The number of methoxy groups -OCH3 is 1. The first-order valence-corrected chi connectivity index (χ1v) is 10.3. The van der Waals surface area contributed by atoms with Gasteiger partial charge in [0.05, 0.1) is 24.9 Å². The molecule has 2 heterocycles. The molecule has 0 amide bonds. The minimum Gasteiger partial charge on any atom is -0.496 e. The van der Waals surface area contributed by atoms with E-state index in [0.717, 1.165) is 33.7 Å². The fraction of sp³-hybridized carbons (Fsp3) is 0.292. The quantitative estimate of drug-likeness (QED) is 0.508. The number of benzene rings is 2. The lowest BCUT2D eigenvalue weighted by atomic mass is 9.98. The Morgan fingerprint density at radius 3 is 2.77 bits per heavy atom. The van der Waals surface area contributed by atoms with Crippen LogP contribution in [0.15, 0.2) is 55.1 Å². The van der Waals surface area contributed by atoms with Crippen molar-refractivity contribution < 1.29 is 9.84 Å². The molecular weight excluding hydrogens is 376 g/mol. The van der Waals surface area contributed by atoms with E-state index in [9.17, 15) is 5.11 Å². The Morgan fingerprint density at radius 2 is 2.03 bits per heavy atom. The van der Waals surface area contributed by atoms with Crippen LogP contribution in [0.4, 0.5) is 0 Å². The molecule has 1 aliphatic rings. The zero-order valence-electron chi connectivity index (χ0n) is 17.0. The highest BCUT2D eigenvalue weighted by molar-refractivity contribution is 5.87. The van der Waals surface area contributed by atoms with E-state index in [4.69, 9.17) is 9.72 Å². The van der Waals surface area contributed by atoms with E-state index < -0.39 is 0 Å². The fourth-order valence-corrected chi connectivity index (χ4v) is 4.01. The number of nitrogens with zero attached hydrogens (tertiary/aromatic N) is 4. The van der Waals surface area contributed by atoms with Crippen LogP contribution in [0.1, 0.15) is 35.4 Å². The van der Waals surface area contributed by atoms with Crippen LogP contribution in [0.25, 0.3) is 22.2 Å². The monoisotopic (exact) mass is 400 g/mol. The van der Waals surface area contributed by atoms with Gasteiger partial charge in [-0.05, 0) is 72.7 Å². The molecule has 1 saturated carbocycles. The molecule has 0 aliphatic heterocycles. The van der Waals surface area contributed by atoms with E-state index in [1.54, 1.807) is 18.1 Å². The zero-order valence-corrected chi connectivity index (χ0v) is 17.0. The summed E-state index contributed by atoms with van der Waals surface area (Å²) in [5, 5.41) is 14.7. The number of aliphatic hydroxyl groups excluding tert-OH is 1. The topological polar surface area (TPSA) is 73.1 Å². The molecule has 6 nitrogen and oxygen atoms in total. The highest BCUT2D eigenvalue weighted by atomic mass is 16.5. The predicted octanol–water partition coefficient (Wildman–Crippen LogP) is 3.96. The average molecular weight is 400 g/mol. The van der Waals surface area contributed by atoms with Crippen molar-refractivity contribution in [2.24, 2.45) is 0 Å². The van der Waals surface area contributed by atoms with Gasteiger partial charge in [-0.1, -0.05) is 6.07 Å². The van der Waals surface area contributed by atoms with Gasteiger partial charge in [0.25, 0.3) is 0 Å². The SMILES string of the molecule is COc1ccc(-c2cc(C3CC3)c3cc(CCO)ccc3n2)cc1Cn1cncn1. The molecule has 0 atom stereocenters. The van der Waals surface area contributed by atoms with Gasteiger partial charge in [0.1, 0.15) is 18.4 Å². The van der Waals surface area contributed by atoms with Crippen LogP contribution in [0.5, 0.6) is 5.75 Å². The first-order chi connectivity index (χ1) is 14.7. The van der Waals surface area contributed by atoms with Crippen molar-refractivity contribution >= 4 is 10.9 Å². The van der Waals surface area contributed by atoms with Crippen LogP contribution in [-0.4, -0.2) is 38.6 Å². The Balaban J connectivity index is 1.59. The Labute approximate surface area is 175 Å². The molecule has 1 N–H and O–H groups in total.